The monoisotopic (exact) mass is 462 g/mol. The third-order valence-corrected chi connectivity index (χ3v) is 7.47. The number of nitrogens with one attached hydrogen (secondary N) is 1. The summed E-state index contributed by atoms with van der Waals surface area (Å²) < 4.78 is 25.9. The molecule has 9 nitrogen and oxygen atoms in total. The van der Waals surface area contributed by atoms with Gasteiger partial charge in [0.25, 0.3) is 5.56 Å². The van der Waals surface area contributed by atoms with Crippen LogP contribution >= 0.6 is 11.6 Å². The van der Waals surface area contributed by atoms with Gasteiger partial charge in [0.2, 0.25) is 5.28 Å². The molecule has 1 aliphatic rings. The van der Waals surface area contributed by atoms with Gasteiger partial charge in [-0.25, -0.2) is 18.4 Å². The summed E-state index contributed by atoms with van der Waals surface area (Å²) in [5.41, 5.74) is 1.18. The molecule has 164 valence electrons. The highest BCUT2D eigenvalue weighted by Crippen LogP contribution is 2.39. The fourth-order valence-electron chi connectivity index (χ4n) is 3.52. The Bertz CT molecular complexity index is 1270. The van der Waals surface area contributed by atoms with Crippen LogP contribution in [0.25, 0.3) is 11.2 Å². The molecule has 0 spiro atoms. The summed E-state index contributed by atoms with van der Waals surface area (Å²) >= 11 is 5.96. The lowest BCUT2D eigenvalue weighted by Crippen LogP contribution is -2.29. The highest BCUT2D eigenvalue weighted by atomic mass is 35.5. The maximum absolute atomic E-state index is 13.2. The fraction of sp³-hybridized carbons (Fsp3) is 0.450. The van der Waals surface area contributed by atoms with E-state index in [-0.39, 0.29) is 39.9 Å². The number of rotatable bonds is 8. The first-order valence-electron chi connectivity index (χ1n) is 10.2. The molecule has 0 amide bonds. The number of fused-ring (bicyclic) bond motifs is 1. The van der Waals surface area contributed by atoms with Crippen LogP contribution < -0.4 is 10.9 Å². The molecule has 0 bridgehead atoms. The zero-order valence-electron chi connectivity index (χ0n) is 17.2. The lowest BCUT2D eigenvalue weighted by Gasteiger charge is -2.18. The van der Waals surface area contributed by atoms with E-state index in [9.17, 15) is 13.2 Å². The first kappa shape index (κ1) is 21.6. The van der Waals surface area contributed by atoms with Gasteiger partial charge in [-0.2, -0.15) is 4.98 Å². The second-order valence-corrected chi connectivity index (χ2v) is 10.2. The van der Waals surface area contributed by atoms with Gasteiger partial charge in [-0.3, -0.25) is 14.3 Å². The van der Waals surface area contributed by atoms with Crippen LogP contribution in [0.15, 0.2) is 34.2 Å². The molecule has 4 rings (SSSR count). The van der Waals surface area contributed by atoms with Crippen LogP contribution in [-0.2, 0) is 16.4 Å². The van der Waals surface area contributed by atoms with Crippen LogP contribution in [-0.4, -0.2) is 38.7 Å². The van der Waals surface area contributed by atoms with Gasteiger partial charge in [0.05, 0.1) is 29.1 Å². The number of halogens is 1. The van der Waals surface area contributed by atoms with Crippen LogP contribution in [0.3, 0.4) is 0 Å². The van der Waals surface area contributed by atoms with Gasteiger partial charge in [-0.15, -0.1) is 0 Å². The molecular weight excluding hydrogens is 440 g/mol. The van der Waals surface area contributed by atoms with Crippen LogP contribution in [0.5, 0.6) is 0 Å². The van der Waals surface area contributed by atoms with Gasteiger partial charge < -0.3 is 5.32 Å². The summed E-state index contributed by atoms with van der Waals surface area (Å²) in [6.07, 6.45) is 5.52. The summed E-state index contributed by atoms with van der Waals surface area (Å²) in [7, 11) is -3.32. The zero-order chi connectivity index (χ0) is 22.2. The summed E-state index contributed by atoms with van der Waals surface area (Å²) in [5.74, 6) is 0.664. The van der Waals surface area contributed by atoms with Gasteiger partial charge >= 0.3 is 0 Å². The Labute approximate surface area is 184 Å². The summed E-state index contributed by atoms with van der Waals surface area (Å²) in [6, 6.07) is 3.13. The number of hydrogen-bond donors (Lipinski definition) is 1. The van der Waals surface area contributed by atoms with Gasteiger partial charge in [-0.05, 0) is 55.8 Å². The molecular formula is C20H23ClN6O3S. The number of pyridine rings is 1. The van der Waals surface area contributed by atoms with Crippen LogP contribution in [0.1, 0.15) is 44.8 Å². The standard InChI is InChI=1S/C20H23ClN6O3S/c1-3-8-31(29,30)15-7-6-14(22-10-15)9-23-17-19(28)27(12(2)13-4-5-13)18-16(25-17)11-24-20(21)26-18/h6-7,10-13H,3-5,8-9H2,1-2H3,(H,23,25)/t12-/m0/s1. The van der Waals surface area contributed by atoms with E-state index < -0.39 is 9.84 Å². The van der Waals surface area contributed by atoms with Crippen molar-refractivity contribution in [2.75, 3.05) is 11.1 Å². The highest BCUT2D eigenvalue weighted by molar-refractivity contribution is 7.91. The first-order valence-corrected chi connectivity index (χ1v) is 12.2. The molecule has 0 aromatic carbocycles. The van der Waals surface area contributed by atoms with E-state index in [2.05, 4.69) is 25.3 Å². The normalized spacial score (nSPS) is 15.2. The van der Waals surface area contributed by atoms with Crippen molar-refractivity contribution < 1.29 is 8.42 Å². The van der Waals surface area contributed by atoms with Crippen molar-refractivity contribution in [1.82, 2.24) is 24.5 Å². The van der Waals surface area contributed by atoms with Gasteiger partial charge in [-0.1, -0.05) is 6.92 Å². The SMILES string of the molecule is CCCS(=O)(=O)c1ccc(CNc2nc3cnc(Cl)nc3n([C@@H](C)C3CC3)c2=O)nc1. The molecule has 11 heteroatoms. The second kappa shape index (κ2) is 8.51. The Kier molecular flexibility index (Phi) is 5.94. The number of nitrogens with zero attached hydrogens (tertiary/aromatic N) is 5. The number of sulfone groups is 1. The molecule has 31 heavy (non-hydrogen) atoms. The third-order valence-electron chi connectivity index (χ3n) is 5.38. The van der Waals surface area contributed by atoms with E-state index in [1.807, 2.05) is 13.8 Å². The maximum Gasteiger partial charge on any atom is 0.295 e. The fourth-order valence-corrected chi connectivity index (χ4v) is 4.91. The minimum Gasteiger partial charge on any atom is -0.360 e. The molecule has 1 saturated carbocycles. The van der Waals surface area contributed by atoms with Crippen molar-refractivity contribution in [3.63, 3.8) is 0 Å². The number of hydrogen-bond acceptors (Lipinski definition) is 8. The third kappa shape index (κ3) is 4.54. The number of anilines is 1. The summed E-state index contributed by atoms with van der Waals surface area (Å²) in [4.78, 5) is 30.2. The lowest BCUT2D eigenvalue weighted by molar-refractivity contribution is 0.482. The largest absolute Gasteiger partial charge is 0.360 e. The molecule has 0 radical (unpaired) electrons. The molecule has 3 aromatic rings. The van der Waals surface area contributed by atoms with Crippen molar-refractivity contribution in [2.45, 2.75) is 50.6 Å². The quantitative estimate of drug-likeness (QED) is 0.507. The second-order valence-electron chi connectivity index (χ2n) is 7.72. The van der Waals surface area contributed by atoms with Crippen molar-refractivity contribution in [1.29, 1.82) is 0 Å². The van der Waals surface area contributed by atoms with Crippen LogP contribution in [0.2, 0.25) is 5.28 Å². The molecule has 0 saturated heterocycles. The van der Waals surface area contributed by atoms with E-state index in [0.29, 0.717) is 29.2 Å². The van der Waals surface area contributed by atoms with E-state index in [0.717, 1.165) is 12.8 Å². The average Bonchev–Trinajstić information content (AvgIpc) is 3.58. The van der Waals surface area contributed by atoms with E-state index in [1.165, 1.54) is 18.5 Å². The molecule has 3 heterocycles. The predicted octanol–water partition coefficient (Wildman–Crippen LogP) is 3.00. The molecule has 1 aliphatic carbocycles. The Morgan fingerprint density at radius 1 is 1.23 bits per heavy atom. The van der Waals surface area contributed by atoms with Gasteiger partial charge in [0.15, 0.2) is 21.3 Å². The molecule has 0 unspecified atom stereocenters. The van der Waals surface area contributed by atoms with Crippen molar-refractivity contribution >= 4 is 38.4 Å². The average molecular weight is 463 g/mol. The number of aromatic nitrogens is 5. The Balaban J connectivity index is 1.62. The Morgan fingerprint density at radius 2 is 2.00 bits per heavy atom. The molecule has 1 atom stereocenters. The van der Waals surface area contributed by atoms with E-state index in [4.69, 9.17) is 11.6 Å². The lowest BCUT2D eigenvalue weighted by atomic mass is 10.2. The topological polar surface area (TPSA) is 120 Å². The van der Waals surface area contributed by atoms with Crippen LogP contribution in [0, 0.1) is 5.92 Å². The first-order chi connectivity index (χ1) is 14.8. The summed E-state index contributed by atoms with van der Waals surface area (Å²) in [5, 5.41) is 3.09. The minimum atomic E-state index is -3.32. The zero-order valence-corrected chi connectivity index (χ0v) is 18.8. The van der Waals surface area contributed by atoms with Crippen molar-refractivity contribution in [3.8, 4) is 0 Å². The van der Waals surface area contributed by atoms with E-state index >= 15 is 0 Å². The van der Waals surface area contributed by atoms with Crippen molar-refractivity contribution in [3.05, 3.63) is 45.9 Å². The maximum atomic E-state index is 13.2. The highest BCUT2D eigenvalue weighted by Gasteiger charge is 2.31. The predicted molar refractivity (Wildman–Crippen MR) is 118 cm³/mol. The minimum absolute atomic E-state index is 0.0364. The smallest absolute Gasteiger partial charge is 0.295 e. The van der Waals surface area contributed by atoms with Crippen LogP contribution in [0.4, 0.5) is 5.82 Å². The van der Waals surface area contributed by atoms with Gasteiger partial charge in [0.1, 0.15) is 5.52 Å². The molecule has 0 aliphatic heterocycles. The summed E-state index contributed by atoms with van der Waals surface area (Å²) in [6.45, 7) is 4.03. The van der Waals surface area contributed by atoms with Crippen molar-refractivity contribution in [2.24, 2.45) is 5.92 Å². The molecule has 1 fully saturated rings. The Morgan fingerprint density at radius 3 is 2.65 bits per heavy atom. The van der Waals surface area contributed by atoms with E-state index in [1.54, 1.807) is 10.6 Å². The molecule has 3 aromatic heterocycles. The Hall–Kier alpha value is -2.59. The molecule has 1 N–H and O–H groups in total. The van der Waals surface area contributed by atoms with Gasteiger partial charge in [0, 0.05) is 12.2 Å².